The van der Waals surface area contributed by atoms with Crippen LogP contribution in [0.4, 0.5) is 0 Å². The van der Waals surface area contributed by atoms with Gasteiger partial charge < -0.3 is 15.2 Å². The monoisotopic (exact) mass is 258 g/mol. The summed E-state index contributed by atoms with van der Waals surface area (Å²) in [4.78, 5) is 3.95. The van der Waals surface area contributed by atoms with E-state index in [0.29, 0.717) is 13.1 Å². The molecule has 0 amide bonds. The van der Waals surface area contributed by atoms with Crippen LogP contribution in [-0.2, 0) is 6.54 Å². The first-order valence-electron chi connectivity index (χ1n) is 6.30. The van der Waals surface area contributed by atoms with E-state index in [0.717, 1.165) is 11.3 Å². The Balaban J connectivity index is 1.64. The van der Waals surface area contributed by atoms with Crippen LogP contribution in [0.2, 0.25) is 0 Å². The first kappa shape index (κ1) is 13.5. The third-order valence-electron chi connectivity index (χ3n) is 2.64. The van der Waals surface area contributed by atoms with Crippen molar-refractivity contribution in [3.8, 4) is 5.75 Å². The minimum Gasteiger partial charge on any atom is -0.491 e. The van der Waals surface area contributed by atoms with E-state index in [2.05, 4.69) is 10.3 Å². The Kier molecular flexibility index (Phi) is 5.34. The standard InChI is InChI=1S/C15H18N2O2/c18-14(12-19-15-4-2-1-3-5-15)11-17-10-13-6-8-16-9-7-13/h1-9,14,17-18H,10-12H2. The highest BCUT2D eigenvalue weighted by atomic mass is 16.5. The van der Waals surface area contributed by atoms with Gasteiger partial charge in [-0.05, 0) is 29.8 Å². The van der Waals surface area contributed by atoms with E-state index in [1.54, 1.807) is 12.4 Å². The van der Waals surface area contributed by atoms with Gasteiger partial charge in [-0.3, -0.25) is 4.98 Å². The molecule has 2 aromatic rings. The molecule has 0 bridgehead atoms. The van der Waals surface area contributed by atoms with Crippen molar-refractivity contribution in [1.82, 2.24) is 10.3 Å². The number of aliphatic hydroxyl groups is 1. The molecule has 19 heavy (non-hydrogen) atoms. The van der Waals surface area contributed by atoms with Gasteiger partial charge in [0.1, 0.15) is 18.5 Å². The van der Waals surface area contributed by atoms with Gasteiger partial charge in [0.2, 0.25) is 0 Å². The van der Waals surface area contributed by atoms with Crippen LogP contribution in [0.5, 0.6) is 5.75 Å². The van der Waals surface area contributed by atoms with Crippen molar-refractivity contribution in [2.75, 3.05) is 13.2 Å². The highest BCUT2D eigenvalue weighted by molar-refractivity contribution is 5.20. The molecule has 0 aliphatic heterocycles. The van der Waals surface area contributed by atoms with Gasteiger partial charge in [-0.2, -0.15) is 0 Å². The Morgan fingerprint density at radius 2 is 1.84 bits per heavy atom. The van der Waals surface area contributed by atoms with Gasteiger partial charge >= 0.3 is 0 Å². The van der Waals surface area contributed by atoms with E-state index < -0.39 is 6.10 Å². The van der Waals surface area contributed by atoms with Crippen molar-refractivity contribution in [2.45, 2.75) is 12.6 Å². The third kappa shape index (κ3) is 5.07. The van der Waals surface area contributed by atoms with Crippen LogP contribution in [-0.4, -0.2) is 29.3 Å². The summed E-state index contributed by atoms with van der Waals surface area (Å²) in [6, 6.07) is 13.4. The summed E-state index contributed by atoms with van der Waals surface area (Å²) in [7, 11) is 0. The van der Waals surface area contributed by atoms with Crippen LogP contribution in [0.15, 0.2) is 54.9 Å². The fraction of sp³-hybridized carbons (Fsp3) is 0.267. The number of ether oxygens (including phenoxy) is 1. The minimum absolute atomic E-state index is 0.285. The molecule has 0 spiro atoms. The number of benzene rings is 1. The topological polar surface area (TPSA) is 54.4 Å². The molecule has 1 unspecified atom stereocenters. The van der Waals surface area contributed by atoms with Gasteiger partial charge in [-0.25, -0.2) is 0 Å². The molecule has 1 aromatic heterocycles. The molecule has 0 saturated carbocycles. The van der Waals surface area contributed by atoms with Crippen LogP contribution < -0.4 is 10.1 Å². The molecular weight excluding hydrogens is 240 g/mol. The Morgan fingerprint density at radius 3 is 2.58 bits per heavy atom. The number of nitrogens with zero attached hydrogens (tertiary/aromatic N) is 1. The molecule has 1 aromatic carbocycles. The smallest absolute Gasteiger partial charge is 0.119 e. The molecule has 0 aliphatic carbocycles. The van der Waals surface area contributed by atoms with Crippen LogP contribution in [0.1, 0.15) is 5.56 Å². The van der Waals surface area contributed by atoms with Gasteiger partial charge in [0.25, 0.3) is 0 Å². The number of rotatable bonds is 7. The molecule has 0 saturated heterocycles. The van der Waals surface area contributed by atoms with E-state index in [9.17, 15) is 5.11 Å². The zero-order valence-corrected chi connectivity index (χ0v) is 10.7. The molecule has 4 nitrogen and oxygen atoms in total. The maximum atomic E-state index is 9.79. The summed E-state index contributed by atoms with van der Waals surface area (Å²) in [6.45, 7) is 1.49. The molecule has 1 atom stereocenters. The van der Waals surface area contributed by atoms with E-state index >= 15 is 0 Å². The molecule has 0 radical (unpaired) electrons. The second-order valence-corrected chi connectivity index (χ2v) is 4.26. The van der Waals surface area contributed by atoms with Gasteiger partial charge in [0.05, 0.1) is 0 Å². The maximum absolute atomic E-state index is 9.79. The van der Waals surface area contributed by atoms with Crippen LogP contribution >= 0.6 is 0 Å². The minimum atomic E-state index is -0.526. The van der Waals surface area contributed by atoms with E-state index in [1.165, 1.54) is 0 Å². The average molecular weight is 258 g/mol. The molecular formula is C15H18N2O2. The summed E-state index contributed by atoms with van der Waals surface area (Å²) < 4.78 is 5.47. The van der Waals surface area contributed by atoms with Gasteiger partial charge in [-0.15, -0.1) is 0 Å². The molecule has 0 fully saturated rings. The predicted molar refractivity (Wildman–Crippen MR) is 73.9 cm³/mol. The number of aliphatic hydroxyl groups excluding tert-OH is 1. The lowest BCUT2D eigenvalue weighted by atomic mass is 10.2. The number of para-hydroxylation sites is 1. The molecule has 0 aliphatic rings. The molecule has 2 rings (SSSR count). The summed E-state index contributed by atoms with van der Waals surface area (Å²) in [5.74, 6) is 0.774. The average Bonchev–Trinajstić information content (AvgIpc) is 2.47. The van der Waals surface area contributed by atoms with Crippen molar-refractivity contribution >= 4 is 0 Å². The summed E-state index contributed by atoms with van der Waals surface area (Å²) in [5, 5.41) is 13.0. The Morgan fingerprint density at radius 1 is 1.11 bits per heavy atom. The quantitative estimate of drug-likeness (QED) is 0.792. The van der Waals surface area contributed by atoms with Gasteiger partial charge in [0, 0.05) is 25.5 Å². The summed E-state index contributed by atoms with van der Waals surface area (Å²) in [5.41, 5.74) is 1.14. The van der Waals surface area contributed by atoms with E-state index in [-0.39, 0.29) is 6.61 Å². The van der Waals surface area contributed by atoms with Crippen molar-refractivity contribution in [1.29, 1.82) is 0 Å². The van der Waals surface area contributed by atoms with Crippen LogP contribution in [0.25, 0.3) is 0 Å². The highest BCUT2D eigenvalue weighted by Gasteiger charge is 2.04. The lowest BCUT2D eigenvalue weighted by Crippen LogP contribution is -2.31. The maximum Gasteiger partial charge on any atom is 0.119 e. The first-order valence-corrected chi connectivity index (χ1v) is 6.30. The van der Waals surface area contributed by atoms with Crippen molar-refractivity contribution in [3.63, 3.8) is 0 Å². The van der Waals surface area contributed by atoms with Crippen molar-refractivity contribution in [3.05, 3.63) is 60.4 Å². The van der Waals surface area contributed by atoms with Crippen molar-refractivity contribution < 1.29 is 9.84 Å². The lowest BCUT2D eigenvalue weighted by molar-refractivity contribution is 0.106. The van der Waals surface area contributed by atoms with Crippen LogP contribution in [0.3, 0.4) is 0 Å². The number of nitrogens with one attached hydrogen (secondary N) is 1. The molecule has 1 heterocycles. The SMILES string of the molecule is OC(CNCc1ccncc1)COc1ccccc1. The number of hydrogen-bond donors (Lipinski definition) is 2. The summed E-state index contributed by atoms with van der Waals surface area (Å²) >= 11 is 0. The van der Waals surface area contributed by atoms with Crippen LogP contribution in [0, 0.1) is 0 Å². The van der Waals surface area contributed by atoms with E-state index in [4.69, 9.17) is 4.74 Å². The number of pyridine rings is 1. The fourth-order valence-corrected chi connectivity index (χ4v) is 1.65. The normalized spacial score (nSPS) is 12.1. The molecule has 100 valence electrons. The van der Waals surface area contributed by atoms with Gasteiger partial charge in [0.15, 0.2) is 0 Å². The Bertz CT molecular complexity index is 462. The largest absolute Gasteiger partial charge is 0.491 e. The molecule has 2 N–H and O–H groups in total. The summed E-state index contributed by atoms with van der Waals surface area (Å²) in [6.07, 6.45) is 2.99. The third-order valence-corrected chi connectivity index (χ3v) is 2.64. The van der Waals surface area contributed by atoms with E-state index in [1.807, 2.05) is 42.5 Å². The number of aromatic nitrogens is 1. The lowest BCUT2D eigenvalue weighted by Gasteiger charge is -2.13. The fourth-order valence-electron chi connectivity index (χ4n) is 1.65. The Labute approximate surface area is 113 Å². The molecule has 4 heteroatoms. The zero-order valence-electron chi connectivity index (χ0n) is 10.7. The van der Waals surface area contributed by atoms with Gasteiger partial charge in [-0.1, -0.05) is 18.2 Å². The zero-order chi connectivity index (χ0) is 13.3. The first-order chi connectivity index (χ1) is 9.34. The van der Waals surface area contributed by atoms with Crippen molar-refractivity contribution in [2.24, 2.45) is 0 Å². The second-order valence-electron chi connectivity index (χ2n) is 4.26. The Hall–Kier alpha value is -1.91. The number of hydrogen-bond acceptors (Lipinski definition) is 4. The highest BCUT2D eigenvalue weighted by Crippen LogP contribution is 2.08. The predicted octanol–water partition coefficient (Wildman–Crippen LogP) is 1.61. The second kappa shape index (κ2) is 7.51.